The molecule has 2 atom stereocenters. The van der Waals surface area contributed by atoms with E-state index in [0.29, 0.717) is 19.6 Å². The van der Waals surface area contributed by atoms with E-state index >= 15 is 0 Å². The van der Waals surface area contributed by atoms with Gasteiger partial charge in [-0.3, -0.25) is 14.5 Å². The summed E-state index contributed by atoms with van der Waals surface area (Å²) >= 11 is 0. The van der Waals surface area contributed by atoms with Crippen molar-refractivity contribution < 1.29 is 19.1 Å². The van der Waals surface area contributed by atoms with E-state index in [9.17, 15) is 14.4 Å². The maximum absolute atomic E-state index is 13.6. The molecule has 188 valence electrons. The number of hydrogen-bond donors (Lipinski definition) is 2. The average Bonchev–Trinajstić information content (AvgIpc) is 2.82. The number of carbonyl (C=O) groups is 3. The summed E-state index contributed by atoms with van der Waals surface area (Å²) in [5.74, 6) is -0.0721. The van der Waals surface area contributed by atoms with Crippen molar-refractivity contribution in [3.63, 3.8) is 0 Å². The van der Waals surface area contributed by atoms with Crippen LogP contribution in [-0.2, 0) is 14.3 Å². The van der Waals surface area contributed by atoms with Crippen LogP contribution in [-0.4, -0.2) is 72.6 Å². The molecule has 2 heterocycles. The van der Waals surface area contributed by atoms with E-state index in [-0.39, 0.29) is 23.8 Å². The van der Waals surface area contributed by atoms with Gasteiger partial charge in [-0.15, -0.1) is 0 Å². The second-order valence-electron chi connectivity index (χ2n) is 10.3. The Morgan fingerprint density at radius 3 is 2.32 bits per heavy atom. The van der Waals surface area contributed by atoms with Gasteiger partial charge >= 0.3 is 6.09 Å². The predicted octanol–water partition coefficient (Wildman–Crippen LogP) is 3.09. The fourth-order valence-electron chi connectivity index (χ4n) is 4.70. The lowest BCUT2D eigenvalue weighted by molar-refractivity contribution is -0.140. The van der Waals surface area contributed by atoms with Gasteiger partial charge in [0.25, 0.3) is 0 Å². The Bertz CT molecular complexity index is 818. The first kappa shape index (κ1) is 26.0. The zero-order chi connectivity index (χ0) is 24.6. The molecule has 8 heteroatoms. The van der Waals surface area contributed by atoms with Gasteiger partial charge < -0.3 is 20.3 Å². The normalized spacial score (nSPS) is 20.3. The molecule has 1 aromatic rings. The maximum atomic E-state index is 13.6. The molecule has 2 aliphatic heterocycles. The van der Waals surface area contributed by atoms with Gasteiger partial charge in [-0.1, -0.05) is 30.3 Å². The summed E-state index contributed by atoms with van der Waals surface area (Å²) < 4.78 is 5.21. The fourth-order valence-corrected chi connectivity index (χ4v) is 4.70. The second kappa shape index (κ2) is 12.2. The molecule has 3 rings (SSSR count). The lowest BCUT2D eigenvalue weighted by atomic mass is 9.93. The lowest BCUT2D eigenvalue weighted by Crippen LogP contribution is -2.50. The highest BCUT2D eigenvalue weighted by atomic mass is 16.6. The van der Waals surface area contributed by atoms with Crippen LogP contribution in [0.5, 0.6) is 0 Å². The summed E-state index contributed by atoms with van der Waals surface area (Å²) in [4.78, 5) is 42.4. The van der Waals surface area contributed by atoms with Gasteiger partial charge in [0.15, 0.2) is 0 Å². The standard InChI is InChI=1S/C26H40N4O4/c1-26(2,3)34-25(33)28-15-14-27-23(31)21-13-10-18-30(19-21)22(20-11-6-4-7-12-20)24(32)29-16-8-5-9-17-29/h4,6-7,11-12,21-22H,5,8-10,13-19H2,1-3H3,(H,27,31)(H,28,33). The molecular formula is C26H40N4O4. The summed E-state index contributed by atoms with van der Waals surface area (Å²) in [6.45, 7) is 9.02. The molecule has 0 bridgehead atoms. The van der Waals surface area contributed by atoms with Gasteiger partial charge in [0.2, 0.25) is 11.8 Å². The number of alkyl carbamates (subject to hydrolysis) is 1. The molecular weight excluding hydrogens is 432 g/mol. The van der Waals surface area contributed by atoms with Crippen LogP contribution in [0.15, 0.2) is 30.3 Å². The molecule has 0 radical (unpaired) electrons. The number of amides is 3. The third-order valence-electron chi connectivity index (χ3n) is 6.30. The molecule has 0 saturated carbocycles. The van der Waals surface area contributed by atoms with Crippen molar-refractivity contribution in [3.05, 3.63) is 35.9 Å². The average molecular weight is 473 g/mol. The van der Waals surface area contributed by atoms with Crippen molar-refractivity contribution >= 4 is 17.9 Å². The summed E-state index contributed by atoms with van der Waals surface area (Å²) in [5.41, 5.74) is 0.431. The van der Waals surface area contributed by atoms with Crippen molar-refractivity contribution in [3.8, 4) is 0 Å². The van der Waals surface area contributed by atoms with Crippen molar-refractivity contribution in [1.82, 2.24) is 20.4 Å². The van der Waals surface area contributed by atoms with Crippen LogP contribution < -0.4 is 10.6 Å². The molecule has 0 aromatic heterocycles. The van der Waals surface area contributed by atoms with E-state index < -0.39 is 11.7 Å². The van der Waals surface area contributed by atoms with E-state index in [1.54, 1.807) is 0 Å². The van der Waals surface area contributed by atoms with E-state index in [0.717, 1.165) is 50.9 Å². The first-order chi connectivity index (χ1) is 16.2. The number of rotatable bonds is 7. The third kappa shape index (κ3) is 7.72. The number of hydrogen-bond acceptors (Lipinski definition) is 5. The molecule has 3 amide bonds. The highest BCUT2D eigenvalue weighted by molar-refractivity contribution is 5.84. The summed E-state index contributed by atoms with van der Waals surface area (Å²) in [6.07, 6.45) is 4.44. The second-order valence-corrected chi connectivity index (χ2v) is 10.3. The minimum absolute atomic E-state index is 0.0343. The first-order valence-electron chi connectivity index (χ1n) is 12.6. The third-order valence-corrected chi connectivity index (χ3v) is 6.30. The van der Waals surface area contributed by atoms with Gasteiger partial charge in [-0.05, 0) is 65.0 Å². The molecule has 0 aliphatic carbocycles. The van der Waals surface area contributed by atoms with Gasteiger partial charge in [0, 0.05) is 32.7 Å². The minimum Gasteiger partial charge on any atom is -0.444 e. The Morgan fingerprint density at radius 1 is 0.971 bits per heavy atom. The largest absolute Gasteiger partial charge is 0.444 e. The van der Waals surface area contributed by atoms with E-state index in [1.807, 2.05) is 56.0 Å². The van der Waals surface area contributed by atoms with E-state index in [4.69, 9.17) is 4.74 Å². The van der Waals surface area contributed by atoms with Crippen molar-refractivity contribution in [2.24, 2.45) is 5.92 Å². The molecule has 2 fully saturated rings. The quantitative estimate of drug-likeness (QED) is 0.595. The van der Waals surface area contributed by atoms with Crippen molar-refractivity contribution in [2.45, 2.75) is 64.5 Å². The molecule has 2 aliphatic rings. The molecule has 0 spiro atoms. The number of ether oxygens (including phenoxy) is 1. The fraction of sp³-hybridized carbons (Fsp3) is 0.654. The number of nitrogens with one attached hydrogen (secondary N) is 2. The highest BCUT2D eigenvalue weighted by Crippen LogP contribution is 2.30. The summed E-state index contributed by atoms with van der Waals surface area (Å²) in [6, 6.07) is 9.57. The molecule has 34 heavy (non-hydrogen) atoms. The Balaban J connectivity index is 1.57. The van der Waals surface area contributed by atoms with Crippen molar-refractivity contribution in [2.75, 3.05) is 39.3 Å². The smallest absolute Gasteiger partial charge is 0.407 e. The maximum Gasteiger partial charge on any atom is 0.407 e. The van der Waals surface area contributed by atoms with Gasteiger partial charge in [-0.2, -0.15) is 0 Å². The van der Waals surface area contributed by atoms with Gasteiger partial charge in [0.1, 0.15) is 11.6 Å². The Kier molecular flexibility index (Phi) is 9.33. The minimum atomic E-state index is -0.556. The first-order valence-corrected chi connectivity index (χ1v) is 12.6. The monoisotopic (exact) mass is 472 g/mol. The number of carbonyl (C=O) groups excluding carboxylic acids is 3. The van der Waals surface area contributed by atoms with Gasteiger partial charge in [-0.25, -0.2) is 4.79 Å². The zero-order valence-corrected chi connectivity index (χ0v) is 20.8. The molecule has 1 aromatic carbocycles. The number of benzene rings is 1. The topological polar surface area (TPSA) is 91.0 Å². The summed E-state index contributed by atoms with van der Waals surface area (Å²) in [5, 5.41) is 5.59. The van der Waals surface area contributed by atoms with Gasteiger partial charge in [0.05, 0.1) is 5.92 Å². The van der Waals surface area contributed by atoms with Crippen LogP contribution in [0.3, 0.4) is 0 Å². The molecule has 2 unspecified atom stereocenters. The van der Waals surface area contributed by atoms with Crippen LogP contribution in [0.4, 0.5) is 4.79 Å². The van der Waals surface area contributed by atoms with E-state index in [1.165, 1.54) is 6.42 Å². The van der Waals surface area contributed by atoms with Crippen LogP contribution in [0.1, 0.15) is 64.5 Å². The van der Waals surface area contributed by atoms with Crippen LogP contribution >= 0.6 is 0 Å². The number of nitrogens with zero attached hydrogens (tertiary/aromatic N) is 2. The van der Waals surface area contributed by atoms with Crippen LogP contribution in [0, 0.1) is 5.92 Å². The molecule has 8 nitrogen and oxygen atoms in total. The van der Waals surface area contributed by atoms with Crippen LogP contribution in [0.2, 0.25) is 0 Å². The SMILES string of the molecule is CC(C)(C)OC(=O)NCCNC(=O)C1CCCN(C(C(=O)N2CCCCC2)c2ccccc2)C1. The van der Waals surface area contributed by atoms with Crippen molar-refractivity contribution in [1.29, 1.82) is 0 Å². The lowest BCUT2D eigenvalue weighted by Gasteiger charge is -2.40. The summed E-state index contributed by atoms with van der Waals surface area (Å²) in [7, 11) is 0. The predicted molar refractivity (Wildman–Crippen MR) is 131 cm³/mol. The Morgan fingerprint density at radius 2 is 1.65 bits per heavy atom. The molecule has 2 saturated heterocycles. The number of piperidine rings is 2. The van der Waals surface area contributed by atoms with Crippen LogP contribution in [0.25, 0.3) is 0 Å². The highest BCUT2D eigenvalue weighted by Gasteiger charge is 2.36. The molecule has 2 N–H and O–H groups in total. The number of likely N-dealkylation sites (tertiary alicyclic amines) is 2. The Hall–Kier alpha value is -2.61. The zero-order valence-electron chi connectivity index (χ0n) is 20.8. The van der Waals surface area contributed by atoms with E-state index in [2.05, 4.69) is 15.5 Å². The Labute approximate surface area is 203 Å².